The van der Waals surface area contributed by atoms with Crippen LogP contribution in [0.2, 0.25) is 0 Å². The fraction of sp³-hybridized carbons (Fsp3) is 0.0476. The minimum absolute atomic E-state index is 0.187. The maximum absolute atomic E-state index is 12.6. The summed E-state index contributed by atoms with van der Waals surface area (Å²) in [7, 11) is -3.52. The van der Waals surface area contributed by atoms with E-state index in [9.17, 15) is 18.0 Å². The van der Waals surface area contributed by atoms with Crippen LogP contribution < -0.4 is 20.7 Å². The molecule has 0 unspecified atom stereocenters. The van der Waals surface area contributed by atoms with Gasteiger partial charge < -0.3 is 16.0 Å². The molecule has 9 heteroatoms. The molecule has 0 radical (unpaired) electrons. The molecule has 0 bridgehead atoms. The molecule has 0 aromatic heterocycles. The Labute approximate surface area is 174 Å². The number of carbonyl (C=O) groups is 2. The first-order valence-electron chi connectivity index (χ1n) is 8.91. The number of urea groups is 1. The molecule has 0 atom stereocenters. The first-order chi connectivity index (χ1) is 14.3. The van der Waals surface area contributed by atoms with Crippen LogP contribution in [0.5, 0.6) is 0 Å². The third-order valence-corrected chi connectivity index (χ3v) is 4.49. The van der Waals surface area contributed by atoms with Gasteiger partial charge in [0.25, 0.3) is 5.91 Å². The molecule has 3 rings (SSSR count). The highest BCUT2D eigenvalue weighted by molar-refractivity contribution is 7.92. The average Bonchev–Trinajstić information content (AvgIpc) is 2.69. The topological polar surface area (TPSA) is 116 Å². The molecule has 30 heavy (non-hydrogen) atoms. The Morgan fingerprint density at radius 1 is 0.667 bits per heavy atom. The molecule has 154 valence electrons. The van der Waals surface area contributed by atoms with Crippen LogP contribution in [0.25, 0.3) is 0 Å². The van der Waals surface area contributed by atoms with E-state index in [0.717, 1.165) is 6.26 Å². The molecular formula is C21H20N4O4S. The van der Waals surface area contributed by atoms with Gasteiger partial charge in [0, 0.05) is 17.1 Å². The second kappa shape index (κ2) is 9.10. The monoisotopic (exact) mass is 424 g/mol. The molecule has 3 aromatic rings. The first kappa shape index (κ1) is 20.9. The number of carbonyl (C=O) groups excluding carboxylic acids is 2. The molecule has 3 amide bonds. The van der Waals surface area contributed by atoms with Crippen LogP contribution >= 0.6 is 0 Å². The molecule has 4 N–H and O–H groups in total. The SMILES string of the molecule is CS(=O)(=O)Nc1ccccc1C(=O)Nc1ccc(NC(=O)Nc2ccccc2)cc1. The third-order valence-electron chi connectivity index (χ3n) is 3.90. The molecule has 0 saturated heterocycles. The van der Waals surface area contributed by atoms with Crippen LogP contribution in [0.4, 0.5) is 27.5 Å². The zero-order chi connectivity index (χ0) is 21.6. The van der Waals surface area contributed by atoms with Crippen molar-refractivity contribution in [2.75, 3.05) is 26.9 Å². The Morgan fingerprint density at radius 3 is 1.77 bits per heavy atom. The predicted octanol–water partition coefficient (Wildman–Crippen LogP) is 3.95. The molecule has 0 spiro atoms. The Kier molecular flexibility index (Phi) is 6.33. The summed E-state index contributed by atoms with van der Waals surface area (Å²) in [4.78, 5) is 24.6. The fourth-order valence-corrected chi connectivity index (χ4v) is 3.20. The number of anilines is 4. The van der Waals surface area contributed by atoms with E-state index in [4.69, 9.17) is 0 Å². The van der Waals surface area contributed by atoms with E-state index in [1.807, 2.05) is 18.2 Å². The van der Waals surface area contributed by atoms with E-state index in [1.165, 1.54) is 12.1 Å². The molecule has 0 aliphatic carbocycles. The summed E-state index contributed by atoms with van der Waals surface area (Å²) in [5.41, 5.74) is 2.07. The summed E-state index contributed by atoms with van der Waals surface area (Å²) >= 11 is 0. The smallest absolute Gasteiger partial charge is 0.322 e. The van der Waals surface area contributed by atoms with Gasteiger partial charge in [0.15, 0.2) is 0 Å². The summed E-state index contributed by atoms with van der Waals surface area (Å²) in [5.74, 6) is -0.468. The highest BCUT2D eigenvalue weighted by atomic mass is 32.2. The lowest BCUT2D eigenvalue weighted by molar-refractivity contribution is 0.102. The van der Waals surface area contributed by atoms with Gasteiger partial charge in [-0.15, -0.1) is 0 Å². The number of hydrogen-bond donors (Lipinski definition) is 4. The van der Waals surface area contributed by atoms with Crippen molar-refractivity contribution in [3.8, 4) is 0 Å². The molecule has 0 aliphatic rings. The predicted molar refractivity (Wildman–Crippen MR) is 118 cm³/mol. The number of rotatable bonds is 6. The van der Waals surface area contributed by atoms with Crippen LogP contribution in [0.15, 0.2) is 78.9 Å². The third kappa shape index (κ3) is 6.08. The highest BCUT2D eigenvalue weighted by Crippen LogP contribution is 2.20. The standard InChI is InChI=1S/C21H20N4O4S/c1-30(28,29)25-19-10-6-5-9-18(19)20(26)22-16-11-13-17(14-12-16)24-21(27)23-15-7-3-2-4-8-15/h2-14,25H,1H3,(H,22,26)(H2,23,24,27). The molecule has 0 fully saturated rings. The zero-order valence-electron chi connectivity index (χ0n) is 16.0. The number of para-hydroxylation sites is 2. The maximum atomic E-state index is 12.6. The van der Waals surface area contributed by atoms with Gasteiger partial charge in [-0.2, -0.15) is 0 Å². The van der Waals surface area contributed by atoms with Crippen LogP contribution in [0.1, 0.15) is 10.4 Å². The maximum Gasteiger partial charge on any atom is 0.323 e. The van der Waals surface area contributed by atoms with Gasteiger partial charge in [-0.05, 0) is 48.5 Å². The van der Waals surface area contributed by atoms with Gasteiger partial charge in [0.2, 0.25) is 10.0 Å². The van der Waals surface area contributed by atoms with Gasteiger partial charge >= 0.3 is 6.03 Å². The Morgan fingerprint density at radius 2 is 1.17 bits per heavy atom. The van der Waals surface area contributed by atoms with Gasteiger partial charge in [0.05, 0.1) is 17.5 Å². The van der Waals surface area contributed by atoms with E-state index < -0.39 is 22.0 Å². The summed E-state index contributed by atoms with van der Waals surface area (Å²) in [5, 5.41) is 8.11. The Balaban J connectivity index is 1.63. The Hall–Kier alpha value is -3.85. The highest BCUT2D eigenvalue weighted by Gasteiger charge is 2.14. The van der Waals surface area contributed by atoms with E-state index in [0.29, 0.717) is 17.1 Å². The second-order valence-electron chi connectivity index (χ2n) is 6.40. The summed E-state index contributed by atoms with van der Waals surface area (Å²) in [6.07, 6.45) is 1.02. The number of sulfonamides is 1. The summed E-state index contributed by atoms with van der Waals surface area (Å²) in [6, 6.07) is 21.5. The summed E-state index contributed by atoms with van der Waals surface area (Å²) in [6.45, 7) is 0. The van der Waals surface area contributed by atoms with Crippen LogP contribution in [-0.4, -0.2) is 26.6 Å². The first-order valence-corrected chi connectivity index (χ1v) is 10.8. The number of amides is 3. The van der Waals surface area contributed by atoms with E-state index in [1.54, 1.807) is 48.5 Å². The lowest BCUT2D eigenvalue weighted by Gasteiger charge is -2.12. The summed E-state index contributed by atoms with van der Waals surface area (Å²) < 4.78 is 25.3. The van der Waals surface area contributed by atoms with Crippen molar-refractivity contribution in [2.45, 2.75) is 0 Å². The van der Waals surface area contributed by atoms with Crippen LogP contribution in [0.3, 0.4) is 0 Å². The fourth-order valence-electron chi connectivity index (χ4n) is 2.62. The zero-order valence-corrected chi connectivity index (χ0v) is 16.9. The molecule has 0 aliphatic heterocycles. The Bertz CT molecular complexity index is 1150. The number of nitrogens with one attached hydrogen (secondary N) is 4. The van der Waals surface area contributed by atoms with Crippen molar-refractivity contribution >= 4 is 44.7 Å². The van der Waals surface area contributed by atoms with Crippen molar-refractivity contribution < 1.29 is 18.0 Å². The van der Waals surface area contributed by atoms with E-state index in [2.05, 4.69) is 20.7 Å². The number of benzene rings is 3. The largest absolute Gasteiger partial charge is 0.323 e. The van der Waals surface area contributed by atoms with Gasteiger partial charge in [-0.1, -0.05) is 30.3 Å². The van der Waals surface area contributed by atoms with Gasteiger partial charge in [-0.3, -0.25) is 9.52 Å². The molecule has 3 aromatic carbocycles. The number of hydrogen-bond acceptors (Lipinski definition) is 4. The normalized spacial score (nSPS) is 10.7. The van der Waals surface area contributed by atoms with Crippen molar-refractivity contribution in [1.82, 2.24) is 0 Å². The lowest BCUT2D eigenvalue weighted by atomic mass is 10.1. The average molecular weight is 424 g/mol. The molecule has 0 heterocycles. The molecule has 8 nitrogen and oxygen atoms in total. The molecule has 0 saturated carbocycles. The quantitative estimate of drug-likeness (QED) is 0.479. The minimum Gasteiger partial charge on any atom is -0.322 e. The van der Waals surface area contributed by atoms with Crippen molar-refractivity contribution in [2.24, 2.45) is 0 Å². The van der Waals surface area contributed by atoms with Crippen molar-refractivity contribution in [1.29, 1.82) is 0 Å². The van der Waals surface area contributed by atoms with E-state index >= 15 is 0 Å². The molecular weight excluding hydrogens is 404 g/mol. The van der Waals surface area contributed by atoms with Crippen LogP contribution in [-0.2, 0) is 10.0 Å². The van der Waals surface area contributed by atoms with Crippen molar-refractivity contribution in [3.63, 3.8) is 0 Å². The van der Waals surface area contributed by atoms with Crippen LogP contribution in [0, 0.1) is 0 Å². The van der Waals surface area contributed by atoms with Gasteiger partial charge in [-0.25, -0.2) is 13.2 Å². The van der Waals surface area contributed by atoms with Gasteiger partial charge in [0.1, 0.15) is 0 Å². The van der Waals surface area contributed by atoms with E-state index in [-0.39, 0.29) is 11.3 Å². The van der Waals surface area contributed by atoms with Crippen molar-refractivity contribution in [3.05, 3.63) is 84.4 Å². The second-order valence-corrected chi connectivity index (χ2v) is 8.14. The minimum atomic E-state index is -3.52. The lowest BCUT2D eigenvalue weighted by Crippen LogP contribution is -2.19.